The minimum atomic E-state index is -3.76. The maximum atomic E-state index is 12.5. The Labute approximate surface area is 144 Å². The zero-order valence-corrected chi connectivity index (χ0v) is 15.2. The van der Waals surface area contributed by atoms with Crippen LogP contribution in [0.4, 0.5) is 5.69 Å². The third-order valence-corrected chi connectivity index (χ3v) is 5.11. The van der Waals surface area contributed by atoms with E-state index in [1.807, 2.05) is 6.92 Å². The summed E-state index contributed by atoms with van der Waals surface area (Å²) in [7, 11) is -3.76. The Hall–Kier alpha value is -1.86. The van der Waals surface area contributed by atoms with E-state index in [-0.39, 0.29) is 10.8 Å². The summed E-state index contributed by atoms with van der Waals surface area (Å²) in [6.45, 7) is 4.05. The van der Waals surface area contributed by atoms with Crippen molar-refractivity contribution in [3.8, 4) is 0 Å². The summed E-state index contributed by atoms with van der Waals surface area (Å²) in [6, 6.07) is 11.3. The molecule has 0 bridgehead atoms. The first-order valence-electron chi connectivity index (χ1n) is 7.00. The molecule has 0 radical (unpaired) electrons. The third-order valence-electron chi connectivity index (χ3n) is 3.20. The maximum Gasteiger partial charge on any atom is 0.261 e. The lowest BCUT2D eigenvalue weighted by Crippen LogP contribution is -2.24. The summed E-state index contributed by atoms with van der Waals surface area (Å²) < 4.78 is 28.3. The SMILES string of the molecule is CCNC(=O)c1cc(S(=O)(=O)Nc2ccc(Br)cc2)ccc1C. The Morgan fingerprint density at radius 3 is 2.39 bits per heavy atom. The molecule has 5 nitrogen and oxygen atoms in total. The molecule has 0 unspecified atom stereocenters. The molecular weight excluding hydrogens is 380 g/mol. The summed E-state index contributed by atoms with van der Waals surface area (Å²) in [4.78, 5) is 12.1. The largest absolute Gasteiger partial charge is 0.352 e. The molecule has 7 heteroatoms. The van der Waals surface area contributed by atoms with Gasteiger partial charge in [0.1, 0.15) is 0 Å². The summed E-state index contributed by atoms with van der Waals surface area (Å²) in [5.74, 6) is -0.286. The lowest BCUT2D eigenvalue weighted by molar-refractivity contribution is 0.0955. The molecule has 0 saturated heterocycles. The van der Waals surface area contributed by atoms with Gasteiger partial charge in [-0.05, 0) is 55.8 Å². The lowest BCUT2D eigenvalue weighted by atomic mass is 10.1. The van der Waals surface area contributed by atoms with Gasteiger partial charge in [-0.25, -0.2) is 8.42 Å². The molecule has 0 aromatic heterocycles. The fraction of sp³-hybridized carbons (Fsp3) is 0.188. The summed E-state index contributed by atoms with van der Waals surface area (Å²) in [6.07, 6.45) is 0. The standard InChI is InChI=1S/C16H17BrN2O3S/c1-3-18-16(20)15-10-14(9-4-11(15)2)23(21,22)19-13-7-5-12(17)6-8-13/h4-10,19H,3H2,1-2H3,(H,18,20). The van der Waals surface area contributed by atoms with Crippen LogP contribution in [0.25, 0.3) is 0 Å². The smallest absolute Gasteiger partial charge is 0.261 e. The molecule has 1 amide bonds. The van der Waals surface area contributed by atoms with Crippen LogP contribution in [0.5, 0.6) is 0 Å². The Bertz CT molecular complexity index is 818. The van der Waals surface area contributed by atoms with E-state index in [9.17, 15) is 13.2 Å². The predicted molar refractivity (Wildman–Crippen MR) is 94.1 cm³/mol. The van der Waals surface area contributed by atoms with E-state index in [2.05, 4.69) is 26.0 Å². The Morgan fingerprint density at radius 2 is 1.78 bits per heavy atom. The minimum Gasteiger partial charge on any atom is -0.352 e. The zero-order chi connectivity index (χ0) is 17.0. The maximum absolute atomic E-state index is 12.5. The van der Waals surface area contributed by atoms with Crippen molar-refractivity contribution in [2.75, 3.05) is 11.3 Å². The van der Waals surface area contributed by atoms with E-state index < -0.39 is 10.0 Å². The Morgan fingerprint density at radius 1 is 1.13 bits per heavy atom. The number of anilines is 1. The average molecular weight is 397 g/mol. The highest BCUT2D eigenvalue weighted by molar-refractivity contribution is 9.10. The van der Waals surface area contributed by atoms with Crippen molar-refractivity contribution in [3.63, 3.8) is 0 Å². The number of sulfonamides is 1. The average Bonchev–Trinajstić information content (AvgIpc) is 2.50. The normalized spacial score (nSPS) is 11.1. The van der Waals surface area contributed by atoms with Crippen LogP contribution in [0.2, 0.25) is 0 Å². The molecule has 0 aliphatic heterocycles. The molecule has 0 spiro atoms. The fourth-order valence-electron chi connectivity index (χ4n) is 2.00. The first kappa shape index (κ1) is 17.5. The van der Waals surface area contributed by atoms with E-state index in [0.717, 1.165) is 10.0 Å². The van der Waals surface area contributed by atoms with E-state index in [1.165, 1.54) is 12.1 Å². The van der Waals surface area contributed by atoms with Crippen LogP contribution in [0.3, 0.4) is 0 Å². The van der Waals surface area contributed by atoms with Gasteiger partial charge in [0.15, 0.2) is 0 Å². The van der Waals surface area contributed by atoms with E-state index in [0.29, 0.717) is 17.8 Å². The van der Waals surface area contributed by atoms with Gasteiger partial charge in [-0.1, -0.05) is 22.0 Å². The van der Waals surface area contributed by atoms with Gasteiger partial charge >= 0.3 is 0 Å². The fourth-order valence-corrected chi connectivity index (χ4v) is 3.35. The molecule has 0 fully saturated rings. The second-order valence-corrected chi connectivity index (χ2v) is 7.55. The number of carbonyl (C=O) groups excluding carboxylic acids is 1. The monoisotopic (exact) mass is 396 g/mol. The van der Waals surface area contributed by atoms with Crippen molar-refractivity contribution in [2.45, 2.75) is 18.7 Å². The third kappa shape index (κ3) is 4.33. The second kappa shape index (κ2) is 7.14. The van der Waals surface area contributed by atoms with Crippen LogP contribution >= 0.6 is 15.9 Å². The zero-order valence-electron chi connectivity index (χ0n) is 12.8. The van der Waals surface area contributed by atoms with Crippen LogP contribution in [-0.2, 0) is 10.0 Å². The number of aryl methyl sites for hydroxylation is 1. The highest BCUT2D eigenvalue weighted by atomic mass is 79.9. The Balaban J connectivity index is 2.34. The van der Waals surface area contributed by atoms with Gasteiger partial charge in [-0.15, -0.1) is 0 Å². The number of rotatable bonds is 5. The van der Waals surface area contributed by atoms with Crippen molar-refractivity contribution >= 4 is 37.5 Å². The molecular formula is C16H17BrN2O3S. The van der Waals surface area contributed by atoms with Gasteiger partial charge in [0.2, 0.25) is 0 Å². The highest BCUT2D eigenvalue weighted by Gasteiger charge is 2.18. The molecule has 0 atom stereocenters. The van der Waals surface area contributed by atoms with Gasteiger partial charge in [-0.2, -0.15) is 0 Å². The van der Waals surface area contributed by atoms with Crippen molar-refractivity contribution in [1.29, 1.82) is 0 Å². The molecule has 0 aliphatic rings. The van der Waals surface area contributed by atoms with Crippen LogP contribution in [0.1, 0.15) is 22.8 Å². The number of halogens is 1. The van der Waals surface area contributed by atoms with Gasteiger partial charge < -0.3 is 5.32 Å². The van der Waals surface area contributed by atoms with Gasteiger partial charge in [0.25, 0.3) is 15.9 Å². The topological polar surface area (TPSA) is 75.3 Å². The molecule has 2 N–H and O–H groups in total. The molecule has 0 heterocycles. The number of carbonyl (C=O) groups is 1. The van der Waals surface area contributed by atoms with E-state index in [4.69, 9.17) is 0 Å². The van der Waals surface area contributed by atoms with Crippen LogP contribution < -0.4 is 10.0 Å². The van der Waals surface area contributed by atoms with Crippen LogP contribution in [-0.4, -0.2) is 20.9 Å². The number of hydrogen-bond acceptors (Lipinski definition) is 3. The van der Waals surface area contributed by atoms with Crippen LogP contribution in [0.15, 0.2) is 51.8 Å². The molecule has 122 valence electrons. The number of nitrogens with one attached hydrogen (secondary N) is 2. The minimum absolute atomic E-state index is 0.0484. The van der Waals surface area contributed by atoms with Crippen molar-refractivity contribution in [3.05, 3.63) is 58.1 Å². The summed E-state index contributed by atoms with van der Waals surface area (Å²) in [5.41, 5.74) is 1.53. The number of benzene rings is 2. The second-order valence-electron chi connectivity index (χ2n) is 4.95. The van der Waals surface area contributed by atoms with Gasteiger partial charge in [0, 0.05) is 22.3 Å². The van der Waals surface area contributed by atoms with Gasteiger partial charge in [0.05, 0.1) is 4.90 Å². The number of hydrogen-bond donors (Lipinski definition) is 2. The van der Waals surface area contributed by atoms with Crippen molar-refractivity contribution in [2.24, 2.45) is 0 Å². The predicted octanol–water partition coefficient (Wildman–Crippen LogP) is 3.31. The Kier molecular flexibility index (Phi) is 5.43. The summed E-state index contributed by atoms with van der Waals surface area (Å²) in [5, 5.41) is 2.68. The van der Waals surface area contributed by atoms with E-state index >= 15 is 0 Å². The first-order chi connectivity index (χ1) is 10.8. The molecule has 0 aliphatic carbocycles. The molecule has 0 saturated carbocycles. The van der Waals surface area contributed by atoms with Crippen molar-refractivity contribution < 1.29 is 13.2 Å². The van der Waals surface area contributed by atoms with Crippen molar-refractivity contribution in [1.82, 2.24) is 5.32 Å². The highest BCUT2D eigenvalue weighted by Crippen LogP contribution is 2.20. The molecule has 23 heavy (non-hydrogen) atoms. The summed E-state index contributed by atoms with van der Waals surface area (Å²) >= 11 is 3.30. The first-order valence-corrected chi connectivity index (χ1v) is 9.28. The molecule has 2 aromatic carbocycles. The molecule has 2 aromatic rings. The lowest BCUT2D eigenvalue weighted by Gasteiger charge is -2.11. The number of amides is 1. The molecule has 2 rings (SSSR count). The van der Waals surface area contributed by atoms with Crippen LogP contribution in [0, 0.1) is 6.92 Å². The van der Waals surface area contributed by atoms with Gasteiger partial charge in [-0.3, -0.25) is 9.52 Å². The van der Waals surface area contributed by atoms with E-state index in [1.54, 1.807) is 37.3 Å². The quantitative estimate of drug-likeness (QED) is 0.813.